The molecule has 176 valence electrons. The maximum Gasteiger partial charge on any atom is 0.281 e. The largest absolute Gasteiger partial charge is 0.417 e. The van der Waals surface area contributed by atoms with Crippen LogP contribution in [0.3, 0.4) is 0 Å². The topological polar surface area (TPSA) is 98.7 Å². The number of halogens is 1. The van der Waals surface area contributed by atoms with Crippen LogP contribution in [-0.4, -0.2) is 30.9 Å². The van der Waals surface area contributed by atoms with Crippen molar-refractivity contribution in [3.05, 3.63) is 93.6 Å². The van der Waals surface area contributed by atoms with Gasteiger partial charge >= 0.3 is 0 Å². The third-order valence-corrected chi connectivity index (χ3v) is 6.15. The summed E-state index contributed by atoms with van der Waals surface area (Å²) in [5.74, 6) is -0.313. The lowest BCUT2D eigenvalue weighted by atomic mass is 10.1. The Labute approximate surface area is 204 Å². The van der Waals surface area contributed by atoms with Crippen LogP contribution in [0.25, 0.3) is 17.3 Å². The average Bonchev–Trinajstić information content (AvgIpc) is 3.54. The highest BCUT2D eigenvalue weighted by molar-refractivity contribution is 7.15. The van der Waals surface area contributed by atoms with Gasteiger partial charge in [0.15, 0.2) is 5.69 Å². The first-order chi connectivity index (χ1) is 16.9. The van der Waals surface area contributed by atoms with Gasteiger partial charge in [-0.3, -0.25) is 10.1 Å². The van der Waals surface area contributed by atoms with Crippen molar-refractivity contribution in [3.63, 3.8) is 0 Å². The lowest BCUT2D eigenvalue weighted by Gasteiger charge is -2.03. The molecule has 0 unspecified atom stereocenters. The predicted octanol–water partition coefficient (Wildman–Crippen LogP) is 5.29. The molecule has 0 aliphatic heterocycles. The van der Waals surface area contributed by atoms with E-state index in [-0.39, 0.29) is 28.9 Å². The third-order valence-electron chi connectivity index (χ3n) is 5.31. The van der Waals surface area contributed by atoms with Crippen LogP contribution in [0.1, 0.15) is 38.0 Å². The molecule has 0 aliphatic rings. The maximum absolute atomic E-state index is 14.0. The fourth-order valence-corrected chi connectivity index (χ4v) is 4.35. The van der Waals surface area contributed by atoms with E-state index in [4.69, 9.17) is 4.42 Å². The van der Waals surface area contributed by atoms with E-state index in [0.717, 1.165) is 22.5 Å². The molecule has 0 spiro atoms. The summed E-state index contributed by atoms with van der Waals surface area (Å²) in [5.41, 5.74) is 3.99. The van der Waals surface area contributed by atoms with Crippen molar-refractivity contribution >= 4 is 22.4 Å². The van der Waals surface area contributed by atoms with Crippen molar-refractivity contribution in [1.29, 1.82) is 0 Å². The summed E-state index contributed by atoms with van der Waals surface area (Å²) in [7, 11) is 0. The number of oxazole rings is 1. The summed E-state index contributed by atoms with van der Waals surface area (Å²) >= 11 is 1.17. The molecule has 3 aromatic heterocycles. The second-order valence-electron chi connectivity index (χ2n) is 8.10. The van der Waals surface area contributed by atoms with Gasteiger partial charge in [0.25, 0.3) is 11.8 Å². The van der Waals surface area contributed by atoms with Crippen LogP contribution < -0.4 is 5.32 Å². The Morgan fingerprint density at radius 3 is 2.57 bits per heavy atom. The second kappa shape index (κ2) is 9.22. The van der Waals surface area contributed by atoms with E-state index >= 15 is 0 Å². The summed E-state index contributed by atoms with van der Waals surface area (Å²) in [4.78, 5) is 17.7. The molecule has 0 radical (unpaired) electrons. The van der Waals surface area contributed by atoms with Crippen LogP contribution in [0.5, 0.6) is 0 Å². The number of benzene rings is 2. The standard InChI is InChI=1S/C25H21FN6O2S/c1-14-8-10-17(11-9-14)23-27-21(24(34-23)32-16(3)12-15(2)31-32)22(33)28-25-30-29-20(35-25)13-18-6-4-5-7-19(18)26/h4-12H,13H2,1-3H3,(H,28,30,33). The monoisotopic (exact) mass is 488 g/mol. The van der Waals surface area contributed by atoms with Gasteiger partial charge in [0.05, 0.1) is 5.69 Å². The van der Waals surface area contributed by atoms with Gasteiger partial charge in [0.2, 0.25) is 11.0 Å². The molecule has 10 heteroatoms. The van der Waals surface area contributed by atoms with Gasteiger partial charge in [-0.25, -0.2) is 14.1 Å². The highest BCUT2D eigenvalue weighted by Crippen LogP contribution is 2.27. The normalized spacial score (nSPS) is 11.1. The number of rotatable bonds is 6. The van der Waals surface area contributed by atoms with Crippen LogP contribution in [0.4, 0.5) is 9.52 Å². The second-order valence-corrected chi connectivity index (χ2v) is 9.16. The minimum absolute atomic E-state index is 0.0672. The summed E-state index contributed by atoms with van der Waals surface area (Å²) in [6.07, 6.45) is 0.277. The average molecular weight is 489 g/mol. The van der Waals surface area contributed by atoms with E-state index < -0.39 is 5.91 Å². The Morgan fingerprint density at radius 1 is 1.09 bits per heavy atom. The molecule has 0 atom stereocenters. The van der Waals surface area contributed by atoms with Crippen molar-refractivity contribution in [1.82, 2.24) is 25.0 Å². The number of carbonyl (C=O) groups is 1. The number of nitrogens with zero attached hydrogens (tertiary/aromatic N) is 5. The van der Waals surface area contributed by atoms with E-state index in [1.807, 2.05) is 51.1 Å². The SMILES string of the molecule is Cc1ccc(-c2nc(C(=O)Nc3nnc(Cc4ccccc4F)s3)c(-n3nc(C)cc3C)o2)cc1. The lowest BCUT2D eigenvalue weighted by Crippen LogP contribution is -2.15. The van der Waals surface area contributed by atoms with Crippen LogP contribution in [-0.2, 0) is 6.42 Å². The highest BCUT2D eigenvalue weighted by atomic mass is 32.1. The van der Waals surface area contributed by atoms with Crippen LogP contribution in [0.2, 0.25) is 0 Å². The van der Waals surface area contributed by atoms with Crippen molar-refractivity contribution < 1.29 is 13.6 Å². The molecule has 3 heterocycles. The van der Waals surface area contributed by atoms with Gasteiger partial charge in [-0.2, -0.15) is 5.10 Å². The minimum Gasteiger partial charge on any atom is -0.417 e. The molecule has 2 aromatic carbocycles. The summed E-state index contributed by atoms with van der Waals surface area (Å²) in [6.45, 7) is 5.72. The number of nitrogens with one attached hydrogen (secondary N) is 1. The van der Waals surface area contributed by atoms with Gasteiger partial charge in [0, 0.05) is 17.7 Å². The van der Waals surface area contributed by atoms with Crippen molar-refractivity contribution in [2.45, 2.75) is 27.2 Å². The molecule has 1 amide bonds. The number of hydrogen-bond donors (Lipinski definition) is 1. The smallest absolute Gasteiger partial charge is 0.281 e. The van der Waals surface area contributed by atoms with E-state index in [1.165, 1.54) is 17.4 Å². The van der Waals surface area contributed by atoms with E-state index in [0.29, 0.717) is 16.5 Å². The first-order valence-corrected chi connectivity index (χ1v) is 11.7. The van der Waals surface area contributed by atoms with Crippen molar-refractivity contribution in [3.8, 4) is 17.3 Å². The molecule has 5 rings (SSSR count). The Hall–Kier alpha value is -4.18. The molecule has 0 saturated carbocycles. The Balaban J connectivity index is 1.45. The number of aryl methyl sites for hydroxylation is 3. The molecule has 8 nitrogen and oxygen atoms in total. The molecule has 0 fully saturated rings. The van der Waals surface area contributed by atoms with E-state index in [2.05, 4.69) is 25.6 Å². The number of amides is 1. The molecular formula is C25H21FN6O2S. The minimum atomic E-state index is -0.511. The first kappa shape index (κ1) is 22.6. The number of aromatic nitrogens is 5. The van der Waals surface area contributed by atoms with Crippen LogP contribution >= 0.6 is 11.3 Å². The zero-order valence-corrected chi connectivity index (χ0v) is 20.1. The lowest BCUT2D eigenvalue weighted by molar-refractivity contribution is 0.102. The summed E-state index contributed by atoms with van der Waals surface area (Å²) in [6, 6.07) is 16.0. The summed E-state index contributed by atoms with van der Waals surface area (Å²) in [5, 5.41) is 16.2. The quantitative estimate of drug-likeness (QED) is 0.349. The van der Waals surface area contributed by atoms with Gasteiger partial charge in [-0.1, -0.05) is 47.2 Å². The third kappa shape index (κ3) is 4.73. The Kier molecular flexibility index (Phi) is 5.96. The zero-order chi connectivity index (χ0) is 24.5. The zero-order valence-electron chi connectivity index (χ0n) is 19.2. The maximum atomic E-state index is 14.0. The fourth-order valence-electron chi connectivity index (χ4n) is 3.59. The molecule has 0 saturated heterocycles. The van der Waals surface area contributed by atoms with Crippen LogP contribution in [0.15, 0.2) is 59.0 Å². The number of anilines is 1. The van der Waals surface area contributed by atoms with E-state index in [1.54, 1.807) is 22.9 Å². The van der Waals surface area contributed by atoms with Gasteiger partial charge in [0.1, 0.15) is 10.8 Å². The number of carbonyl (C=O) groups excluding carboxylic acids is 1. The van der Waals surface area contributed by atoms with Crippen molar-refractivity contribution in [2.24, 2.45) is 0 Å². The van der Waals surface area contributed by atoms with Crippen molar-refractivity contribution in [2.75, 3.05) is 5.32 Å². The van der Waals surface area contributed by atoms with E-state index in [9.17, 15) is 9.18 Å². The Bertz CT molecular complexity index is 1520. The first-order valence-electron chi connectivity index (χ1n) is 10.9. The molecule has 35 heavy (non-hydrogen) atoms. The van der Waals surface area contributed by atoms with Gasteiger partial charge in [-0.15, -0.1) is 10.2 Å². The predicted molar refractivity (Wildman–Crippen MR) is 130 cm³/mol. The Morgan fingerprint density at radius 2 is 1.86 bits per heavy atom. The molecule has 0 bridgehead atoms. The van der Waals surface area contributed by atoms with Gasteiger partial charge < -0.3 is 4.42 Å². The summed E-state index contributed by atoms with van der Waals surface area (Å²) < 4.78 is 21.6. The van der Waals surface area contributed by atoms with Gasteiger partial charge in [-0.05, 0) is 50.6 Å². The molecule has 5 aromatic rings. The molecule has 0 aliphatic carbocycles. The fraction of sp³-hybridized carbons (Fsp3) is 0.160. The van der Waals surface area contributed by atoms with Crippen LogP contribution in [0, 0.1) is 26.6 Å². The number of hydrogen-bond acceptors (Lipinski definition) is 7. The molecular weight excluding hydrogens is 467 g/mol. The highest BCUT2D eigenvalue weighted by Gasteiger charge is 2.25. The molecule has 1 N–H and O–H groups in total.